The standard InChI is InChI=1S/C18H28FN5O.HI/c1-14(2)17(25)21-8-3-9-22-18(20)24-12-10-23(11-13-24)16-6-4-15(19)5-7-16;/h4-7,14H,3,8-13H2,1-2H3,(H2,20,22)(H,21,25);1H. The summed E-state index contributed by atoms with van der Waals surface area (Å²) >= 11 is 0. The van der Waals surface area contributed by atoms with Crippen LogP contribution >= 0.6 is 24.0 Å². The number of amides is 1. The van der Waals surface area contributed by atoms with Crippen molar-refractivity contribution in [2.24, 2.45) is 16.6 Å². The number of anilines is 1. The summed E-state index contributed by atoms with van der Waals surface area (Å²) in [7, 11) is 0. The number of rotatable bonds is 6. The first-order chi connectivity index (χ1) is 12.0. The number of benzene rings is 1. The van der Waals surface area contributed by atoms with E-state index in [2.05, 4.69) is 20.1 Å². The maximum atomic E-state index is 13.0. The van der Waals surface area contributed by atoms with E-state index in [1.54, 1.807) is 12.1 Å². The first-order valence-electron chi connectivity index (χ1n) is 8.80. The van der Waals surface area contributed by atoms with Gasteiger partial charge in [-0.05, 0) is 30.7 Å². The fourth-order valence-corrected chi connectivity index (χ4v) is 2.63. The molecule has 1 amide bonds. The van der Waals surface area contributed by atoms with Crippen LogP contribution in [0.1, 0.15) is 20.3 Å². The molecule has 1 aliphatic heterocycles. The Morgan fingerprint density at radius 1 is 1.23 bits per heavy atom. The summed E-state index contributed by atoms with van der Waals surface area (Å²) in [5.41, 5.74) is 7.09. The molecule has 0 atom stereocenters. The molecule has 1 fully saturated rings. The second-order valence-electron chi connectivity index (χ2n) is 6.49. The van der Waals surface area contributed by atoms with Gasteiger partial charge in [0.05, 0.1) is 0 Å². The van der Waals surface area contributed by atoms with E-state index in [-0.39, 0.29) is 41.6 Å². The summed E-state index contributed by atoms with van der Waals surface area (Å²) in [4.78, 5) is 20.1. The van der Waals surface area contributed by atoms with Gasteiger partial charge < -0.3 is 20.9 Å². The zero-order chi connectivity index (χ0) is 18.2. The second kappa shape index (κ2) is 11.2. The summed E-state index contributed by atoms with van der Waals surface area (Å²) in [5, 5.41) is 2.87. The zero-order valence-electron chi connectivity index (χ0n) is 15.4. The molecular weight excluding hydrogens is 448 g/mol. The van der Waals surface area contributed by atoms with Crippen molar-refractivity contribution in [2.75, 3.05) is 44.2 Å². The molecule has 0 unspecified atom stereocenters. The molecule has 1 aliphatic rings. The third kappa shape index (κ3) is 6.97. The largest absolute Gasteiger partial charge is 0.370 e. The highest BCUT2D eigenvalue weighted by Gasteiger charge is 2.18. The topological polar surface area (TPSA) is 74.0 Å². The first-order valence-corrected chi connectivity index (χ1v) is 8.80. The fraction of sp³-hybridized carbons (Fsp3) is 0.556. The van der Waals surface area contributed by atoms with Crippen LogP contribution in [0.4, 0.5) is 10.1 Å². The van der Waals surface area contributed by atoms with E-state index < -0.39 is 0 Å². The van der Waals surface area contributed by atoms with Gasteiger partial charge in [-0.15, -0.1) is 24.0 Å². The van der Waals surface area contributed by atoms with Gasteiger partial charge in [0.1, 0.15) is 5.82 Å². The molecule has 0 spiro atoms. The van der Waals surface area contributed by atoms with Crippen molar-refractivity contribution in [3.8, 4) is 0 Å². The summed E-state index contributed by atoms with van der Waals surface area (Å²) in [5.74, 6) is 0.400. The van der Waals surface area contributed by atoms with Crippen LogP contribution in [0.25, 0.3) is 0 Å². The minimum absolute atomic E-state index is 0. The lowest BCUT2D eigenvalue weighted by atomic mass is 10.2. The molecule has 6 nitrogen and oxygen atoms in total. The minimum atomic E-state index is -0.219. The van der Waals surface area contributed by atoms with Crippen LogP contribution in [0.3, 0.4) is 0 Å². The normalized spacial score (nSPS) is 15.0. The number of nitrogens with one attached hydrogen (secondary N) is 1. The number of hydrogen-bond acceptors (Lipinski definition) is 3. The number of nitrogens with two attached hydrogens (primary N) is 1. The molecule has 0 aliphatic carbocycles. The zero-order valence-corrected chi connectivity index (χ0v) is 17.8. The van der Waals surface area contributed by atoms with Gasteiger partial charge in [-0.2, -0.15) is 0 Å². The molecule has 0 aromatic heterocycles. The van der Waals surface area contributed by atoms with Crippen LogP contribution < -0.4 is 16.0 Å². The van der Waals surface area contributed by atoms with Crippen molar-refractivity contribution in [3.63, 3.8) is 0 Å². The van der Waals surface area contributed by atoms with Crippen molar-refractivity contribution in [1.29, 1.82) is 0 Å². The van der Waals surface area contributed by atoms with E-state index in [0.717, 1.165) is 38.3 Å². The van der Waals surface area contributed by atoms with E-state index in [1.807, 2.05) is 13.8 Å². The Morgan fingerprint density at radius 3 is 2.42 bits per heavy atom. The Morgan fingerprint density at radius 2 is 1.85 bits per heavy atom. The molecule has 1 aromatic carbocycles. The summed E-state index contributed by atoms with van der Waals surface area (Å²) in [6, 6.07) is 6.56. The van der Waals surface area contributed by atoms with E-state index in [1.165, 1.54) is 12.1 Å². The lowest BCUT2D eigenvalue weighted by Crippen LogP contribution is -2.51. The van der Waals surface area contributed by atoms with Crippen molar-refractivity contribution in [1.82, 2.24) is 10.2 Å². The number of carbonyl (C=O) groups excluding carboxylic acids is 1. The van der Waals surface area contributed by atoms with Crippen LogP contribution in [0, 0.1) is 11.7 Å². The predicted molar refractivity (Wildman–Crippen MR) is 115 cm³/mol. The fourth-order valence-electron chi connectivity index (χ4n) is 2.63. The van der Waals surface area contributed by atoms with Gasteiger partial charge in [-0.3, -0.25) is 9.79 Å². The Hall–Kier alpha value is -1.58. The Balaban J connectivity index is 0.00000338. The number of guanidine groups is 1. The molecule has 1 aromatic rings. The maximum Gasteiger partial charge on any atom is 0.222 e. The van der Waals surface area contributed by atoms with Crippen molar-refractivity contribution < 1.29 is 9.18 Å². The Bertz CT molecular complexity index is 586. The molecule has 1 saturated heterocycles. The predicted octanol–water partition coefficient (Wildman–Crippen LogP) is 2.04. The number of nitrogens with zero attached hydrogens (tertiary/aromatic N) is 3. The molecule has 146 valence electrons. The van der Waals surface area contributed by atoms with Crippen molar-refractivity contribution in [2.45, 2.75) is 20.3 Å². The Labute approximate surface area is 172 Å². The molecule has 2 rings (SSSR count). The van der Waals surface area contributed by atoms with Gasteiger partial charge in [0.15, 0.2) is 5.96 Å². The molecule has 0 radical (unpaired) electrons. The van der Waals surface area contributed by atoms with E-state index in [9.17, 15) is 9.18 Å². The SMILES string of the molecule is CC(C)C(=O)NCCCN=C(N)N1CCN(c2ccc(F)cc2)CC1.I. The van der Waals surface area contributed by atoms with Crippen LogP contribution in [0.15, 0.2) is 29.3 Å². The van der Waals surface area contributed by atoms with Crippen LogP contribution in [0.5, 0.6) is 0 Å². The lowest BCUT2D eigenvalue weighted by Gasteiger charge is -2.36. The summed E-state index contributed by atoms with van der Waals surface area (Å²) < 4.78 is 13.0. The van der Waals surface area contributed by atoms with Crippen LogP contribution in [-0.4, -0.2) is 56.0 Å². The van der Waals surface area contributed by atoms with Gasteiger partial charge in [-0.25, -0.2) is 4.39 Å². The van der Waals surface area contributed by atoms with Crippen LogP contribution in [0.2, 0.25) is 0 Å². The minimum Gasteiger partial charge on any atom is -0.370 e. The molecule has 26 heavy (non-hydrogen) atoms. The molecular formula is C18H29FIN5O. The number of aliphatic imine (C=N–C) groups is 1. The molecule has 3 N–H and O–H groups in total. The van der Waals surface area contributed by atoms with E-state index in [4.69, 9.17) is 5.73 Å². The van der Waals surface area contributed by atoms with Crippen molar-refractivity contribution >= 4 is 41.5 Å². The summed E-state index contributed by atoms with van der Waals surface area (Å²) in [6.45, 7) is 8.19. The molecule has 1 heterocycles. The average Bonchev–Trinajstić information content (AvgIpc) is 2.61. The number of piperazine rings is 1. The third-order valence-corrected chi connectivity index (χ3v) is 4.23. The average molecular weight is 477 g/mol. The maximum absolute atomic E-state index is 13.0. The number of carbonyl (C=O) groups is 1. The van der Waals surface area contributed by atoms with Gasteiger partial charge in [0.2, 0.25) is 5.91 Å². The number of halogens is 2. The van der Waals surface area contributed by atoms with Crippen LogP contribution in [-0.2, 0) is 4.79 Å². The highest BCUT2D eigenvalue weighted by atomic mass is 127. The lowest BCUT2D eigenvalue weighted by molar-refractivity contribution is -0.123. The molecule has 0 bridgehead atoms. The van der Waals surface area contributed by atoms with Gasteiger partial charge in [0, 0.05) is 50.9 Å². The number of hydrogen-bond donors (Lipinski definition) is 2. The molecule has 8 heteroatoms. The Kier molecular flexibility index (Phi) is 9.68. The third-order valence-electron chi connectivity index (χ3n) is 4.23. The van der Waals surface area contributed by atoms with Gasteiger partial charge in [0.25, 0.3) is 0 Å². The summed E-state index contributed by atoms with van der Waals surface area (Å²) in [6.07, 6.45) is 0.773. The second-order valence-corrected chi connectivity index (χ2v) is 6.49. The highest BCUT2D eigenvalue weighted by molar-refractivity contribution is 14.0. The van der Waals surface area contributed by atoms with Gasteiger partial charge >= 0.3 is 0 Å². The van der Waals surface area contributed by atoms with Gasteiger partial charge in [-0.1, -0.05) is 13.8 Å². The highest BCUT2D eigenvalue weighted by Crippen LogP contribution is 2.16. The van der Waals surface area contributed by atoms with Crippen molar-refractivity contribution in [3.05, 3.63) is 30.1 Å². The first kappa shape index (κ1) is 22.5. The van der Waals surface area contributed by atoms with E-state index >= 15 is 0 Å². The van der Waals surface area contributed by atoms with E-state index in [0.29, 0.717) is 19.0 Å². The quantitative estimate of drug-likeness (QED) is 0.285. The molecule has 0 saturated carbocycles. The monoisotopic (exact) mass is 477 g/mol. The smallest absolute Gasteiger partial charge is 0.222 e.